The summed E-state index contributed by atoms with van der Waals surface area (Å²) in [5.74, 6) is 1.17. The summed E-state index contributed by atoms with van der Waals surface area (Å²) in [5.41, 5.74) is 9.66. The highest BCUT2D eigenvalue weighted by atomic mass is 35.5. The van der Waals surface area contributed by atoms with Gasteiger partial charge < -0.3 is 20.8 Å². The Morgan fingerprint density at radius 1 is 1.23 bits per heavy atom. The number of benzene rings is 2. The van der Waals surface area contributed by atoms with Crippen LogP contribution in [0.3, 0.4) is 0 Å². The van der Waals surface area contributed by atoms with Crippen LogP contribution in [-0.4, -0.2) is 17.4 Å². The Morgan fingerprint density at radius 2 is 2.00 bits per heavy atom. The lowest BCUT2D eigenvalue weighted by Gasteiger charge is -2.30. The van der Waals surface area contributed by atoms with E-state index in [1.165, 1.54) is 0 Å². The van der Waals surface area contributed by atoms with Crippen LogP contribution in [0.25, 0.3) is 10.9 Å². The predicted molar refractivity (Wildman–Crippen MR) is 104 cm³/mol. The number of aromatic nitrogens is 1. The minimum atomic E-state index is -0.172. The first-order valence-corrected chi connectivity index (χ1v) is 8.82. The number of aryl methyl sites for hydroxylation is 1. The van der Waals surface area contributed by atoms with Gasteiger partial charge in [0, 0.05) is 28.6 Å². The molecule has 1 amide bonds. The number of carbonyl (C=O) groups is 1. The minimum Gasteiger partial charge on any atom is -0.456 e. The fourth-order valence-corrected chi connectivity index (χ4v) is 3.90. The summed E-state index contributed by atoms with van der Waals surface area (Å²) in [6.07, 6.45) is 0. The van der Waals surface area contributed by atoms with Gasteiger partial charge >= 0.3 is 0 Å². The molecule has 3 aromatic rings. The number of halogens is 1. The Morgan fingerprint density at radius 3 is 2.73 bits per heavy atom. The minimum absolute atomic E-state index is 0.0737. The number of aromatic amines is 1. The number of carbonyl (C=O) groups excluding carboxylic acids is 1. The molecule has 0 radical (unpaired) electrons. The van der Waals surface area contributed by atoms with Crippen LogP contribution < -0.4 is 15.8 Å². The van der Waals surface area contributed by atoms with Crippen molar-refractivity contribution in [3.8, 4) is 11.5 Å². The normalized spacial score (nSPS) is 15.6. The maximum Gasteiger partial charge on any atom is 0.268 e. The fourth-order valence-electron chi connectivity index (χ4n) is 3.59. The molecular formula is C20H20ClN3O2. The SMILES string of the molecule is Cc1cc(N)cc(Cl)c1Oc1ccc2[nH]c3c(c2c1)C(C)(C)CNC3=O. The van der Waals surface area contributed by atoms with Crippen LogP contribution in [0.2, 0.25) is 5.02 Å². The monoisotopic (exact) mass is 369 g/mol. The zero-order chi connectivity index (χ0) is 18.6. The van der Waals surface area contributed by atoms with Crippen LogP contribution in [-0.2, 0) is 5.41 Å². The highest BCUT2D eigenvalue weighted by molar-refractivity contribution is 6.32. The summed E-state index contributed by atoms with van der Waals surface area (Å²) >= 11 is 6.30. The Balaban J connectivity index is 1.83. The predicted octanol–water partition coefficient (Wildman–Crippen LogP) is 4.53. The van der Waals surface area contributed by atoms with Gasteiger partial charge in [0.05, 0.1) is 5.02 Å². The molecule has 0 saturated carbocycles. The number of ether oxygens (including phenoxy) is 1. The van der Waals surface area contributed by atoms with Crippen molar-refractivity contribution in [1.29, 1.82) is 0 Å². The number of nitrogens with two attached hydrogens (primary N) is 1. The van der Waals surface area contributed by atoms with Crippen molar-refractivity contribution in [2.45, 2.75) is 26.2 Å². The average Bonchev–Trinajstić information content (AvgIpc) is 2.95. The van der Waals surface area contributed by atoms with E-state index in [9.17, 15) is 4.79 Å². The summed E-state index contributed by atoms with van der Waals surface area (Å²) in [5, 5.41) is 4.39. The van der Waals surface area contributed by atoms with Crippen molar-refractivity contribution in [3.05, 3.63) is 52.2 Å². The van der Waals surface area contributed by atoms with E-state index in [1.807, 2.05) is 31.2 Å². The number of amides is 1. The number of hydrogen-bond donors (Lipinski definition) is 3. The molecule has 5 nitrogen and oxygen atoms in total. The maximum atomic E-state index is 12.2. The van der Waals surface area contributed by atoms with Gasteiger partial charge in [-0.3, -0.25) is 4.79 Å². The number of H-pyrrole nitrogens is 1. The van der Waals surface area contributed by atoms with Crippen molar-refractivity contribution >= 4 is 34.1 Å². The summed E-state index contributed by atoms with van der Waals surface area (Å²) in [4.78, 5) is 15.5. The van der Waals surface area contributed by atoms with Crippen LogP contribution in [0.15, 0.2) is 30.3 Å². The Hall–Kier alpha value is -2.66. The van der Waals surface area contributed by atoms with Gasteiger partial charge in [-0.1, -0.05) is 25.4 Å². The molecule has 0 atom stereocenters. The first-order chi connectivity index (χ1) is 12.3. The first-order valence-electron chi connectivity index (χ1n) is 8.44. The van der Waals surface area contributed by atoms with Crippen LogP contribution in [0.5, 0.6) is 11.5 Å². The highest BCUT2D eigenvalue weighted by Crippen LogP contribution is 2.39. The molecule has 0 unspecified atom stereocenters. The number of nitrogens with one attached hydrogen (secondary N) is 2. The molecule has 0 fully saturated rings. The first kappa shape index (κ1) is 16.8. The molecule has 6 heteroatoms. The van der Waals surface area contributed by atoms with Crippen molar-refractivity contribution in [2.75, 3.05) is 12.3 Å². The van der Waals surface area contributed by atoms with Crippen LogP contribution >= 0.6 is 11.6 Å². The van der Waals surface area contributed by atoms with E-state index in [1.54, 1.807) is 6.07 Å². The maximum absolute atomic E-state index is 12.2. The van der Waals surface area contributed by atoms with Gasteiger partial charge in [0.25, 0.3) is 5.91 Å². The second-order valence-corrected chi connectivity index (χ2v) is 7.81. The molecule has 2 heterocycles. The summed E-state index contributed by atoms with van der Waals surface area (Å²) in [6, 6.07) is 9.24. The lowest BCUT2D eigenvalue weighted by Crippen LogP contribution is -2.43. The smallest absolute Gasteiger partial charge is 0.268 e. The van der Waals surface area contributed by atoms with E-state index >= 15 is 0 Å². The molecule has 0 saturated heterocycles. The average molecular weight is 370 g/mol. The lowest BCUT2D eigenvalue weighted by atomic mass is 9.80. The van der Waals surface area contributed by atoms with E-state index in [2.05, 4.69) is 24.1 Å². The lowest BCUT2D eigenvalue weighted by molar-refractivity contribution is 0.0926. The standard InChI is InChI=1S/C20H20ClN3O2/c1-10-6-11(22)7-14(21)18(10)26-12-4-5-15-13(8-12)16-17(24-15)19(25)23-9-20(16,2)3/h4-8,24H,9,22H2,1-3H3,(H,23,25). The van der Waals surface area contributed by atoms with Crippen LogP contribution in [0.1, 0.15) is 35.5 Å². The quantitative estimate of drug-likeness (QED) is 0.581. The molecule has 134 valence electrons. The van der Waals surface area contributed by atoms with Gasteiger partial charge in [-0.25, -0.2) is 0 Å². The zero-order valence-electron chi connectivity index (χ0n) is 14.9. The van der Waals surface area contributed by atoms with E-state index in [0.29, 0.717) is 34.4 Å². The third kappa shape index (κ3) is 2.59. The Bertz CT molecular complexity index is 1030. The second kappa shape index (κ2) is 5.68. The molecule has 0 bridgehead atoms. The molecule has 0 spiro atoms. The second-order valence-electron chi connectivity index (χ2n) is 7.40. The molecule has 1 aliphatic heterocycles. The summed E-state index contributed by atoms with van der Waals surface area (Å²) < 4.78 is 6.06. The van der Waals surface area contributed by atoms with Gasteiger partial charge in [0.1, 0.15) is 17.2 Å². The van der Waals surface area contributed by atoms with Crippen LogP contribution in [0.4, 0.5) is 5.69 Å². The van der Waals surface area contributed by atoms with Crippen molar-refractivity contribution in [3.63, 3.8) is 0 Å². The van der Waals surface area contributed by atoms with Gasteiger partial charge in [-0.15, -0.1) is 0 Å². The Labute approximate surface area is 156 Å². The molecule has 1 aromatic heterocycles. The van der Waals surface area contributed by atoms with Crippen molar-refractivity contribution in [2.24, 2.45) is 0 Å². The highest BCUT2D eigenvalue weighted by Gasteiger charge is 2.35. The molecule has 2 aromatic carbocycles. The van der Waals surface area contributed by atoms with E-state index in [-0.39, 0.29) is 11.3 Å². The number of hydrogen-bond acceptors (Lipinski definition) is 3. The number of fused-ring (bicyclic) bond motifs is 3. The van der Waals surface area contributed by atoms with E-state index in [4.69, 9.17) is 22.1 Å². The Kier molecular flexibility index (Phi) is 3.66. The molecule has 4 N–H and O–H groups in total. The van der Waals surface area contributed by atoms with Gasteiger partial charge in [0.15, 0.2) is 0 Å². The summed E-state index contributed by atoms with van der Waals surface area (Å²) in [6.45, 7) is 6.74. The van der Waals surface area contributed by atoms with Gasteiger partial charge in [-0.05, 0) is 48.4 Å². The largest absolute Gasteiger partial charge is 0.456 e. The number of anilines is 1. The fraction of sp³-hybridized carbons (Fsp3) is 0.250. The van der Waals surface area contributed by atoms with E-state index in [0.717, 1.165) is 22.0 Å². The summed E-state index contributed by atoms with van der Waals surface area (Å²) in [7, 11) is 0. The topological polar surface area (TPSA) is 80.1 Å². The van der Waals surface area contributed by atoms with Gasteiger partial charge in [-0.2, -0.15) is 0 Å². The zero-order valence-corrected chi connectivity index (χ0v) is 15.6. The molecule has 4 rings (SSSR count). The van der Waals surface area contributed by atoms with Gasteiger partial charge in [0.2, 0.25) is 0 Å². The molecule has 0 aliphatic carbocycles. The van der Waals surface area contributed by atoms with E-state index < -0.39 is 0 Å². The van der Waals surface area contributed by atoms with Crippen molar-refractivity contribution in [1.82, 2.24) is 10.3 Å². The number of rotatable bonds is 2. The van der Waals surface area contributed by atoms with Crippen LogP contribution in [0, 0.1) is 6.92 Å². The van der Waals surface area contributed by atoms with Crippen molar-refractivity contribution < 1.29 is 9.53 Å². The third-order valence-electron chi connectivity index (χ3n) is 4.84. The molecule has 26 heavy (non-hydrogen) atoms. The molecule has 1 aliphatic rings. The third-order valence-corrected chi connectivity index (χ3v) is 5.12. The number of nitrogen functional groups attached to an aromatic ring is 1. The molecular weight excluding hydrogens is 350 g/mol.